The van der Waals surface area contributed by atoms with Crippen molar-refractivity contribution in [3.63, 3.8) is 0 Å². The van der Waals surface area contributed by atoms with Crippen molar-refractivity contribution >= 4 is 11.0 Å². The van der Waals surface area contributed by atoms with E-state index >= 15 is 0 Å². The van der Waals surface area contributed by atoms with Crippen molar-refractivity contribution in [2.24, 2.45) is 0 Å². The van der Waals surface area contributed by atoms with Gasteiger partial charge in [0.2, 0.25) is 0 Å². The Hall–Kier alpha value is -1.50. The van der Waals surface area contributed by atoms with Crippen LogP contribution in [0.5, 0.6) is 0 Å². The summed E-state index contributed by atoms with van der Waals surface area (Å²) in [4.78, 5) is 0. The minimum atomic E-state index is 0.560. The van der Waals surface area contributed by atoms with Crippen molar-refractivity contribution < 1.29 is 4.42 Å². The number of benzene rings is 1. The van der Waals surface area contributed by atoms with Gasteiger partial charge in [-0.25, -0.2) is 0 Å². The van der Waals surface area contributed by atoms with Gasteiger partial charge in [0.15, 0.2) is 0 Å². The van der Waals surface area contributed by atoms with Crippen molar-refractivity contribution in [3.05, 3.63) is 48.2 Å². The van der Waals surface area contributed by atoms with Crippen molar-refractivity contribution in [1.82, 2.24) is 0 Å². The van der Waals surface area contributed by atoms with E-state index in [1.54, 1.807) is 0 Å². The molecule has 15 heavy (non-hydrogen) atoms. The topological polar surface area (TPSA) is 13.1 Å². The smallest absolute Gasteiger partial charge is 0.134 e. The quantitative estimate of drug-likeness (QED) is 0.624. The molecule has 1 fully saturated rings. The summed E-state index contributed by atoms with van der Waals surface area (Å²) in [6, 6.07) is 10.4. The molecule has 0 aliphatic heterocycles. The van der Waals surface area contributed by atoms with Crippen molar-refractivity contribution in [3.8, 4) is 0 Å². The van der Waals surface area contributed by atoms with Gasteiger partial charge in [0, 0.05) is 11.3 Å². The standard InChI is InChI=1S/C14H14O/c1-10-6-7-12(8-10)14-9-11-4-2-3-5-13(11)15-14/h2-5,9,12H,1,6-8H2. The molecule has 0 spiro atoms. The number of fused-ring (bicyclic) bond motifs is 1. The molecule has 1 unspecified atom stereocenters. The Morgan fingerprint density at radius 1 is 1.27 bits per heavy atom. The second-order valence-corrected chi connectivity index (χ2v) is 4.38. The number of hydrogen-bond donors (Lipinski definition) is 0. The van der Waals surface area contributed by atoms with Gasteiger partial charge in [-0.05, 0) is 31.4 Å². The molecule has 1 aromatic heterocycles. The zero-order valence-electron chi connectivity index (χ0n) is 8.70. The van der Waals surface area contributed by atoms with Gasteiger partial charge in [0.25, 0.3) is 0 Å². The van der Waals surface area contributed by atoms with Gasteiger partial charge < -0.3 is 4.42 Å². The lowest BCUT2D eigenvalue weighted by atomic mass is 10.0. The second kappa shape index (κ2) is 3.27. The molecule has 1 saturated carbocycles. The zero-order chi connectivity index (χ0) is 10.3. The minimum Gasteiger partial charge on any atom is -0.461 e. The van der Waals surface area contributed by atoms with Crippen LogP contribution in [0.25, 0.3) is 11.0 Å². The average Bonchev–Trinajstić information content (AvgIpc) is 2.82. The van der Waals surface area contributed by atoms with Crippen molar-refractivity contribution in [2.75, 3.05) is 0 Å². The summed E-state index contributed by atoms with van der Waals surface area (Å²) in [6.45, 7) is 4.04. The Balaban J connectivity index is 2.01. The first-order valence-corrected chi connectivity index (χ1v) is 5.48. The highest BCUT2D eigenvalue weighted by Gasteiger charge is 2.22. The summed E-state index contributed by atoms with van der Waals surface area (Å²) in [7, 11) is 0. The Labute approximate surface area is 89.4 Å². The van der Waals surface area contributed by atoms with E-state index in [1.165, 1.54) is 17.4 Å². The normalized spacial score (nSPS) is 21.3. The first-order valence-electron chi connectivity index (χ1n) is 5.48. The van der Waals surface area contributed by atoms with E-state index in [2.05, 4.69) is 24.8 Å². The summed E-state index contributed by atoms with van der Waals surface area (Å²) in [5.74, 6) is 1.69. The summed E-state index contributed by atoms with van der Waals surface area (Å²) in [5.41, 5.74) is 2.37. The number of hydrogen-bond acceptors (Lipinski definition) is 1. The maximum absolute atomic E-state index is 5.86. The van der Waals surface area contributed by atoms with Gasteiger partial charge in [0.05, 0.1) is 0 Å². The lowest BCUT2D eigenvalue weighted by Gasteiger charge is -2.02. The molecule has 1 heteroatoms. The van der Waals surface area contributed by atoms with E-state index in [4.69, 9.17) is 4.42 Å². The highest BCUT2D eigenvalue weighted by Crippen LogP contribution is 2.38. The summed E-state index contributed by atoms with van der Waals surface area (Å²) < 4.78 is 5.86. The van der Waals surface area contributed by atoms with Crippen LogP contribution in [0.4, 0.5) is 0 Å². The van der Waals surface area contributed by atoms with Gasteiger partial charge in [-0.3, -0.25) is 0 Å². The van der Waals surface area contributed by atoms with Crippen LogP contribution in [0.3, 0.4) is 0 Å². The fraction of sp³-hybridized carbons (Fsp3) is 0.286. The molecular weight excluding hydrogens is 184 g/mol. The average molecular weight is 198 g/mol. The maximum atomic E-state index is 5.86. The van der Waals surface area contributed by atoms with Crippen molar-refractivity contribution in [1.29, 1.82) is 0 Å². The third kappa shape index (κ3) is 1.48. The molecule has 1 nitrogen and oxygen atoms in total. The van der Waals surface area contributed by atoms with E-state index in [0.29, 0.717) is 5.92 Å². The molecule has 1 aromatic carbocycles. The molecule has 1 atom stereocenters. The number of allylic oxidation sites excluding steroid dienone is 1. The maximum Gasteiger partial charge on any atom is 0.134 e. The molecule has 0 radical (unpaired) electrons. The summed E-state index contributed by atoms with van der Waals surface area (Å²) in [5, 5.41) is 1.21. The SMILES string of the molecule is C=C1CCC(c2cc3ccccc3o2)C1. The van der Waals surface area contributed by atoms with Crippen LogP contribution in [0, 0.1) is 0 Å². The van der Waals surface area contributed by atoms with E-state index < -0.39 is 0 Å². The molecule has 0 amide bonds. The fourth-order valence-corrected chi connectivity index (χ4v) is 2.38. The Kier molecular flexibility index (Phi) is 1.91. The first kappa shape index (κ1) is 8.78. The molecule has 1 heterocycles. The van der Waals surface area contributed by atoms with Gasteiger partial charge in [-0.15, -0.1) is 0 Å². The molecule has 1 aliphatic rings. The Morgan fingerprint density at radius 2 is 2.13 bits per heavy atom. The van der Waals surface area contributed by atoms with Crippen LogP contribution in [-0.4, -0.2) is 0 Å². The molecule has 1 aliphatic carbocycles. The number of furan rings is 1. The van der Waals surface area contributed by atoms with E-state index in [-0.39, 0.29) is 0 Å². The summed E-state index contributed by atoms with van der Waals surface area (Å²) >= 11 is 0. The lowest BCUT2D eigenvalue weighted by Crippen LogP contribution is -1.87. The predicted octanol–water partition coefficient (Wildman–Crippen LogP) is 4.26. The fourth-order valence-electron chi connectivity index (χ4n) is 2.38. The van der Waals surface area contributed by atoms with Crippen LogP contribution in [0.2, 0.25) is 0 Å². The van der Waals surface area contributed by atoms with Crippen LogP contribution in [0.1, 0.15) is 30.9 Å². The third-order valence-electron chi connectivity index (χ3n) is 3.23. The first-order chi connectivity index (χ1) is 7.33. The lowest BCUT2D eigenvalue weighted by molar-refractivity contribution is 0.497. The monoisotopic (exact) mass is 198 g/mol. The predicted molar refractivity (Wildman–Crippen MR) is 61.9 cm³/mol. The van der Waals surface area contributed by atoms with Gasteiger partial charge in [-0.1, -0.05) is 30.4 Å². The van der Waals surface area contributed by atoms with Crippen LogP contribution < -0.4 is 0 Å². The molecule has 2 aromatic rings. The number of para-hydroxylation sites is 1. The van der Waals surface area contributed by atoms with E-state index in [9.17, 15) is 0 Å². The van der Waals surface area contributed by atoms with Gasteiger partial charge in [-0.2, -0.15) is 0 Å². The minimum absolute atomic E-state index is 0.560. The van der Waals surface area contributed by atoms with Crippen LogP contribution in [-0.2, 0) is 0 Å². The Bertz CT molecular complexity index is 474. The van der Waals surface area contributed by atoms with Gasteiger partial charge in [0.1, 0.15) is 11.3 Å². The Morgan fingerprint density at radius 3 is 2.87 bits per heavy atom. The van der Waals surface area contributed by atoms with Crippen molar-refractivity contribution in [2.45, 2.75) is 25.2 Å². The number of rotatable bonds is 1. The molecule has 0 saturated heterocycles. The zero-order valence-corrected chi connectivity index (χ0v) is 8.70. The van der Waals surface area contributed by atoms with Crippen LogP contribution >= 0.6 is 0 Å². The van der Waals surface area contributed by atoms with Crippen LogP contribution in [0.15, 0.2) is 46.9 Å². The highest BCUT2D eigenvalue weighted by molar-refractivity contribution is 5.77. The van der Waals surface area contributed by atoms with Gasteiger partial charge >= 0.3 is 0 Å². The highest BCUT2D eigenvalue weighted by atomic mass is 16.3. The van der Waals surface area contributed by atoms with E-state index in [0.717, 1.165) is 24.2 Å². The molecule has 3 rings (SSSR count). The third-order valence-corrected chi connectivity index (χ3v) is 3.23. The molecule has 0 bridgehead atoms. The molecular formula is C14H14O. The second-order valence-electron chi connectivity index (χ2n) is 4.38. The summed E-state index contributed by atoms with van der Waals surface area (Å²) in [6.07, 6.45) is 3.44. The van der Waals surface area contributed by atoms with E-state index in [1.807, 2.05) is 12.1 Å². The largest absolute Gasteiger partial charge is 0.461 e. The molecule has 0 N–H and O–H groups in total. The molecule has 76 valence electrons.